The third-order valence-corrected chi connectivity index (χ3v) is 4.32. The fraction of sp³-hybridized carbons (Fsp3) is 0.278. The van der Waals surface area contributed by atoms with E-state index in [0.717, 1.165) is 0 Å². The molecule has 1 atom stereocenters. The number of aliphatic hydroxyl groups excluding tert-OH is 1. The van der Waals surface area contributed by atoms with E-state index < -0.39 is 12.0 Å². The summed E-state index contributed by atoms with van der Waals surface area (Å²) in [6.07, 6.45) is -0.952. The van der Waals surface area contributed by atoms with Crippen LogP contribution in [0, 0.1) is 0 Å². The zero-order chi connectivity index (χ0) is 19.1. The summed E-state index contributed by atoms with van der Waals surface area (Å²) in [5, 5.41) is 13.1. The van der Waals surface area contributed by atoms with Gasteiger partial charge < -0.3 is 24.6 Å². The number of amides is 1. The fourth-order valence-corrected chi connectivity index (χ4v) is 2.57. The smallest absolute Gasteiger partial charge is 0.252 e. The minimum Gasteiger partial charge on any atom is -0.493 e. The molecule has 0 radical (unpaired) electrons. The van der Waals surface area contributed by atoms with Crippen LogP contribution in [0.5, 0.6) is 17.2 Å². The summed E-state index contributed by atoms with van der Waals surface area (Å²) >= 11 is 11.9. The molecule has 2 aromatic rings. The third kappa shape index (κ3) is 4.94. The minimum absolute atomic E-state index is 0.0286. The van der Waals surface area contributed by atoms with Crippen molar-refractivity contribution in [2.24, 2.45) is 0 Å². The molecule has 0 aliphatic rings. The molecule has 140 valence electrons. The number of rotatable bonds is 8. The Hall–Kier alpha value is -2.15. The third-order valence-electron chi connectivity index (χ3n) is 3.50. The molecule has 1 amide bonds. The van der Waals surface area contributed by atoms with Gasteiger partial charge in [-0.2, -0.15) is 0 Å². The van der Waals surface area contributed by atoms with Gasteiger partial charge in [-0.3, -0.25) is 4.79 Å². The van der Waals surface area contributed by atoms with Crippen LogP contribution in [0.3, 0.4) is 0 Å². The molecule has 2 N–H and O–H groups in total. The number of carbonyl (C=O) groups is 1. The number of para-hydroxylation sites is 1. The second-order valence-corrected chi connectivity index (χ2v) is 6.05. The lowest BCUT2D eigenvalue weighted by Crippen LogP contribution is -2.35. The van der Waals surface area contributed by atoms with Gasteiger partial charge in [0.2, 0.25) is 5.75 Å². The highest BCUT2D eigenvalue weighted by Crippen LogP contribution is 2.36. The second kappa shape index (κ2) is 9.52. The van der Waals surface area contributed by atoms with Gasteiger partial charge in [-0.05, 0) is 24.3 Å². The molecule has 8 heteroatoms. The van der Waals surface area contributed by atoms with Gasteiger partial charge in [-0.25, -0.2) is 0 Å². The van der Waals surface area contributed by atoms with Gasteiger partial charge in [-0.1, -0.05) is 35.3 Å². The van der Waals surface area contributed by atoms with Crippen LogP contribution in [0.25, 0.3) is 0 Å². The lowest BCUT2D eigenvalue weighted by Gasteiger charge is -2.17. The van der Waals surface area contributed by atoms with E-state index in [1.165, 1.54) is 14.2 Å². The average molecular weight is 400 g/mol. The monoisotopic (exact) mass is 399 g/mol. The highest BCUT2D eigenvalue weighted by Gasteiger charge is 2.16. The maximum Gasteiger partial charge on any atom is 0.252 e. The van der Waals surface area contributed by atoms with Crippen LogP contribution in [-0.2, 0) is 0 Å². The number of hydrogen-bond donors (Lipinski definition) is 2. The fourth-order valence-electron chi connectivity index (χ4n) is 2.18. The van der Waals surface area contributed by atoms with Gasteiger partial charge >= 0.3 is 0 Å². The first-order chi connectivity index (χ1) is 12.5. The highest BCUT2D eigenvalue weighted by molar-refractivity contribution is 6.43. The summed E-state index contributed by atoms with van der Waals surface area (Å²) in [7, 11) is 3.01. The zero-order valence-corrected chi connectivity index (χ0v) is 15.8. The second-order valence-electron chi connectivity index (χ2n) is 5.27. The van der Waals surface area contributed by atoms with Gasteiger partial charge in [0.15, 0.2) is 11.5 Å². The number of carbonyl (C=O) groups excluding carboxylic acids is 1. The Morgan fingerprint density at radius 1 is 1.12 bits per heavy atom. The summed E-state index contributed by atoms with van der Waals surface area (Å²) < 4.78 is 16.0. The van der Waals surface area contributed by atoms with Crippen LogP contribution in [0.1, 0.15) is 10.4 Å². The first-order valence-corrected chi connectivity index (χ1v) is 8.47. The minimum atomic E-state index is -0.952. The Bertz CT molecular complexity index is 747. The van der Waals surface area contributed by atoms with Crippen LogP contribution >= 0.6 is 23.2 Å². The number of ether oxygens (including phenoxy) is 3. The molecule has 0 aliphatic heterocycles. The van der Waals surface area contributed by atoms with E-state index in [0.29, 0.717) is 17.2 Å². The van der Waals surface area contributed by atoms with Crippen LogP contribution in [0.4, 0.5) is 0 Å². The Morgan fingerprint density at radius 3 is 2.35 bits per heavy atom. The van der Waals surface area contributed by atoms with Crippen molar-refractivity contribution in [1.82, 2.24) is 5.32 Å². The molecule has 0 heterocycles. The van der Waals surface area contributed by atoms with Crippen molar-refractivity contribution in [3.63, 3.8) is 0 Å². The number of benzene rings is 2. The first-order valence-electron chi connectivity index (χ1n) is 7.72. The summed E-state index contributed by atoms with van der Waals surface area (Å²) in [6.45, 7) is -0.0978. The van der Waals surface area contributed by atoms with Gasteiger partial charge in [0.25, 0.3) is 5.91 Å². The summed E-state index contributed by atoms with van der Waals surface area (Å²) in [6, 6.07) is 9.95. The maximum atomic E-state index is 12.2. The maximum absolute atomic E-state index is 12.2. The topological polar surface area (TPSA) is 77.0 Å². The van der Waals surface area contributed by atoms with Crippen molar-refractivity contribution in [2.75, 3.05) is 27.4 Å². The van der Waals surface area contributed by atoms with Gasteiger partial charge in [0.1, 0.15) is 12.7 Å². The number of aliphatic hydroxyl groups is 1. The Balaban J connectivity index is 1.93. The molecule has 0 bridgehead atoms. The molecule has 0 aliphatic carbocycles. The van der Waals surface area contributed by atoms with Gasteiger partial charge in [-0.15, -0.1) is 0 Å². The molecule has 6 nitrogen and oxygen atoms in total. The largest absolute Gasteiger partial charge is 0.493 e. The molecule has 0 aromatic heterocycles. The predicted octanol–water partition coefficient (Wildman–Crippen LogP) is 3.18. The summed E-state index contributed by atoms with van der Waals surface area (Å²) in [5.74, 6) is 0.893. The summed E-state index contributed by atoms with van der Waals surface area (Å²) in [4.78, 5) is 12.2. The van der Waals surface area contributed by atoms with Crippen LogP contribution in [0.2, 0.25) is 10.0 Å². The van der Waals surface area contributed by atoms with E-state index in [9.17, 15) is 9.90 Å². The molecular weight excluding hydrogens is 381 g/mol. The van der Waals surface area contributed by atoms with E-state index in [1.807, 2.05) is 0 Å². The average Bonchev–Trinajstić information content (AvgIpc) is 2.66. The Morgan fingerprint density at radius 2 is 1.73 bits per heavy atom. The molecule has 2 rings (SSSR count). The van der Waals surface area contributed by atoms with Gasteiger partial charge in [0, 0.05) is 6.54 Å². The lowest BCUT2D eigenvalue weighted by molar-refractivity contribution is 0.0834. The van der Waals surface area contributed by atoms with E-state index in [1.54, 1.807) is 36.4 Å². The Kier molecular flexibility index (Phi) is 7.38. The molecule has 0 fully saturated rings. The normalized spacial score (nSPS) is 11.6. The number of halogens is 2. The molecule has 2 aromatic carbocycles. The number of methoxy groups -OCH3 is 2. The molecular formula is C18H19Cl2NO5. The standard InChI is InChI=1S/C18H19Cl2NO5/c1-24-14-7-4-8-15(25-2)17(14)26-10-11(22)9-21-18(23)12-5-3-6-13(19)16(12)20/h3-8,11,22H,9-10H2,1-2H3,(H,21,23). The van der Waals surface area contributed by atoms with Gasteiger partial charge in [0.05, 0.1) is 29.8 Å². The molecule has 26 heavy (non-hydrogen) atoms. The molecule has 1 unspecified atom stereocenters. The van der Waals surface area contributed by atoms with E-state index in [-0.39, 0.29) is 28.8 Å². The Labute approximate surface area is 161 Å². The number of hydrogen-bond acceptors (Lipinski definition) is 5. The van der Waals surface area contributed by atoms with E-state index >= 15 is 0 Å². The van der Waals surface area contributed by atoms with Crippen molar-refractivity contribution >= 4 is 29.1 Å². The highest BCUT2D eigenvalue weighted by atomic mass is 35.5. The van der Waals surface area contributed by atoms with E-state index in [4.69, 9.17) is 37.4 Å². The van der Waals surface area contributed by atoms with Crippen molar-refractivity contribution in [3.8, 4) is 17.2 Å². The molecule has 0 saturated heterocycles. The van der Waals surface area contributed by atoms with Crippen LogP contribution in [0.15, 0.2) is 36.4 Å². The SMILES string of the molecule is COc1cccc(OC)c1OCC(O)CNC(=O)c1cccc(Cl)c1Cl. The number of nitrogens with one attached hydrogen (secondary N) is 1. The lowest BCUT2D eigenvalue weighted by atomic mass is 10.2. The first kappa shape index (κ1) is 20.2. The molecule has 0 spiro atoms. The zero-order valence-electron chi connectivity index (χ0n) is 14.3. The van der Waals surface area contributed by atoms with Crippen molar-refractivity contribution in [3.05, 3.63) is 52.0 Å². The predicted molar refractivity (Wildman–Crippen MR) is 99.8 cm³/mol. The quantitative estimate of drug-likeness (QED) is 0.712. The van der Waals surface area contributed by atoms with E-state index in [2.05, 4.69) is 5.32 Å². The van der Waals surface area contributed by atoms with Crippen molar-refractivity contribution < 1.29 is 24.1 Å². The summed E-state index contributed by atoms with van der Waals surface area (Å²) in [5.41, 5.74) is 0.235. The van der Waals surface area contributed by atoms with Crippen molar-refractivity contribution in [1.29, 1.82) is 0 Å². The molecule has 0 saturated carbocycles. The van der Waals surface area contributed by atoms with Crippen LogP contribution < -0.4 is 19.5 Å². The van der Waals surface area contributed by atoms with Crippen LogP contribution in [-0.4, -0.2) is 44.5 Å². The van der Waals surface area contributed by atoms with Crippen molar-refractivity contribution in [2.45, 2.75) is 6.10 Å².